The van der Waals surface area contributed by atoms with Gasteiger partial charge in [0.05, 0.1) is 5.69 Å². The lowest BCUT2D eigenvalue weighted by molar-refractivity contribution is 0.150. The van der Waals surface area contributed by atoms with Crippen LogP contribution in [0.15, 0.2) is 60.7 Å². The lowest BCUT2D eigenvalue weighted by atomic mass is 9.94. The van der Waals surface area contributed by atoms with Crippen molar-refractivity contribution in [2.75, 3.05) is 5.32 Å². The molecule has 1 aliphatic rings. The van der Waals surface area contributed by atoms with Crippen molar-refractivity contribution in [2.24, 2.45) is 5.73 Å². The van der Waals surface area contributed by atoms with Gasteiger partial charge in [0, 0.05) is 17.2 Å². The van der Waals surface area contributed by atoms with Gasteiger partial charge in [-0.3, -0.25) is 5.32 Å². The number of phenolic OH excluding ortho intramolecular Hbond substituents is 1. The highest BCUT2D eigenvalue weighted by Crippen LogP contribution is 2.35. The topological polar surface area (TPSA) is 97.5 Å². The number of ether oxygens (including phenoxy) is 1. The second kappa shape index (κ2) is 8.29. The van der Waals surface area contributed by atoms with Crippen molar-refractivity contribution in [1.82, 2.24) is 4.98 Å². The van der Waals surface area contributed by atoms with Crippen LogP contribution < -0.4 is 11.1 Å². The van der Waals surface area contributed by atoms with Gasteiger partial charge in [0.1, 0.15) is 18.2 Å². The molecule has 1 amide bonds. The number of fused-ring (bicyclic) bond motifs is 1. The summed E-state index contributed by atoms with van der Waals surface area (Å²) in [6, 6.07) is 18.4. The molecule has 0 fully saturated rings. The summed E-state index contributed by atoms with van der Waals surface area (Å²) in [7, 11) is 0. The Bertz CT molecular complexity index is 995. The molecule has 0 saturated carbocycles. The van der Waals surface area contributed by atoms with E-state index in [-0.39, 0.29) is 30.8 Å². The third kappa shape index (κ3) is 3.93. The standard InChI is InChI=1S/C21H19N3O3.ClH/c22-17(10-13-6-2-1-3-7-13)15-11-18(14-8-4-5-9-19(14)25)23-20-16(15)12-27-21(26)24-20;/h1-9,11,17,25H,10,12,22H2,(H,23,24,26);1H. The molecule has 1 unspecified atom stereocenters. The van der Waals surface area contributed by atoms with E-state index >= 15 is 0 Å². The number of nitrogens with zero attached hydrogens (tertiary/aromatic N) is 1. The highest BCUT2D eigenvalue weighted by atomic mass is 35.5. The summed E-state index contributed by atoms with van der Waals surface area (Å²) >= 11 is 0. The third-order valence-electron chi connectivity index (χ3n) is 4.60. The summed E-state index contributed by atoms with van der Waals surface area (Å²) in [5, 5.41) is 12.8. The highest BCUT2D eigenvalue weighted by Gasteiger charge is 2.25. The number of aromatic hydroxyl groups is 1. The molecule has 3 aromatic rings. The Hall–Kier alpha value is -3.09. The number of nitrogens with two attached hydrogens (primary N) is 1. The molecule has 28 heavy (non-hydrogen) atoms. The van der Waals surface area contributed by atoms with E-state index in [0.717, 1.165) is 16.7 Å². The molecule has 1 atom stereocenters. The average Bonchev–Trinajstić information content (AvgIpc) is 2.68. The zero-order chi connectivity index (χ0) is 18.8. The summed E-state index contributed by atoms with van der Waals surface area (Å²) in [6.07, 6.45) is 0.0813. The zero-order valence-electron chi connectivity index (χ0n) is 15.0. The maximum absolute atomic E-state index is 11.7. The predicted octanol–water partition coefficient (Wildman–Crippen LogP) is 4.18. The Labute approximate surface area is 168 Å². The summed E-state index contributed by atoms with van der Waals surface area (Å²) in [5.74, 6) is 0.538. The number of halogens is 1. The molecule has 144 valence electrons. The molecule has 0 saturated heterocycles. The minimum Gasteiger partial charge on any atom is -0.507 e. The van der Waals surface area contributed by atoms with Gasteiger partial charge in [0.25, 0.3) is 0 Å². The van der Waals surface area contributed by atoms with Crippen LogP contribution >= 0.6 is 12.4 Å². The average molecular weight is 398 g/mol. The van der Waals surface area contributed by atoms with Crippen molar-refractivity contribution in [3.63, 3.8) is 0 Å². The normalized spacial score (nSPS) is 13.5. The van der Waals surface area contributed by atoms with Crippen LogP contribution in [0.1, 0.15) is 22.7 Å². The van der Waals surface area contributed by atoms with Crippen LogP contribution in [0.25, 0.3) is 11.3 Å². The first-order valence-electron chi connectivity index (χ1n) is 8.67. The molecule has 2 heterocycles. The summed E-state index contributed by atoms with van der Waals surface area (Å²) in [5.41, 5.74) is 10.3. The minimum absolute atomic E-state index is 0. The SMILES string of the molecule is Cl.NC(Cc1ccccc1)c1cc(-c2ccccc2O)nc2c1COC(=O)N2. The predicted molar refractivity (Wildman–Crippen MR) is 109 cm³/mol. The highest BCUT2D eigenvalue weighted by molar-refractivity contribution is 5.87. The molecule has 2 aromatic carbocycles. The Morgan fingerprint density at radius 1 is 1.14 bits per heavy atom. The van der Waals surface area contributed by atoms with Gasteiger partial charge in [-0.1, -0.05) is 42.5 Å². The van der Waals surface area contributed by atoms with Crippen molar-refractivity contribution in [3.05, 3.63) is 77.4 Å². The zero-order valence-corrected chi connectivity index (χ0v) is 15.8. The van der Waals surface area contributed by atoms with Crippen LogP contribution in [-0.2, 0) is 17.8 Å². The number of anilines is 1. The van der Waals surface area contributed by atoms with Gasteiger partial charge in [0.15, 0.2) is 0 Å². The molecule has 0 aliphatic carbocycles. The molecule has 0 radical (unpaired) electrons. The van der Waals surface area contributed by atoms with Crippen LogP contribution in [0.4, 0.5) is 10.6 Å². The lowest BCUT2D eigenvalue weighted by Gasteiger charge is -2.24. The Balaban J connectivity index is 0.00000225. The Morgan fingerprint density at radius 2 is 1.86 bits per heavy atom. The van der Waals surface area contributed by atoms with Gasteiger partial charge in [-0.05, 0) is 35.7 Å². The molecule has 7 heteroatoms. The number of para-hydroxylation sites is 1. The van der Waals surface area contributed by atoms with Crippen molar-refractivity contribution < 1.29 is 14.6 Å². The maximum atomic E-state index is 11.7. The van der Waals surface area contributed by atoms with Gasteiger partial charge in [-0.15, -0.1) is 12.4 Å². The number of nitrogens with one attached hydrogen (secondary N) is 1. The van der Waals surface area contributed by atoms with E-state index in [2.05, 4.69) is 10.3 Å². The van der Waals surface area contributed by atoms with E-state index < -0.39 is 6.09 Å². The van der Waals surface area contributed by atoms with E-state index in [4.69, 9.17) is 10.5 Å². The van der Waals surface area contributed by atoms with Crippen LogP contribution in [0.2, 0.25) is 0 Å². The first kappa shape index (κ1) is 19.7. The van der Waals surface area contributed by atoms with Gasteiger partial charge >= 0.3 is 6.09 Å². The second-order valence-corrected chi connectivity index (χ2v) is 6.44. The van der Waals surface area contributed by atoms with Crippen LogP contribution in [0.3, 0.4) is 0 Å². The van der Waals surface area contributed by atoms with Crippen LogP contribution in [-0.4, -0.2) is 16.2 Å². The summed E-state index contributed by atoms with van der Waals surface area (Å²) in [4.78, 5) is 16.2. The Morgan fingerprint density at radius 3 is 2.61 bits per heavy atom. The summed E-state index contributed by atoms with van der Waals surface area (Å²) in [6.45, 7) is 0.118. The third-order valence-corrected chi connectivity index (χ3v) is 4.60. The molecule has 0 spiro atoms. The minimum atomic E-state index is -0.549. The number of phenols is 1. The Kier molecular flexibility index (Phi) is 5.82. The fourth-order valence-corrected chi connectivity index (χ4v) is 3.25. The number of hydrogen-bond acceptors (Lipinski definition) is 5. The monoisotopic (exact) mass is 397 g/mol. The number of aromatic nitrogens is 1. The number of amides is 1. The van der Waals surface area contributed by atoms with E-state index in [0.29, 0.717) is 23.5 Å². The van der Waals surface area contributed by atoms with E-state index in [9.17, 15) is 9.90 Å². The largest absolute Gasteiger partial charge is 0.507 e. The maximum Gasteiger partial charge on any atom is 0.413 e. The number of benzene rings is 2. The van der Waals surface area contributed by atoms with Crippen molar-refractivity contribution in [3.8, 4) is 17.0 Å². The van der Waals surface area contributed by atoms with E-state index in [1.54, 1.807) is 18.2 Å². The van der Waals surface area contributed by atoms with Gasteiger partial charge < -0.3 is 15.6 Å². The molecule has 4 rings (SSSR count). The molecular weight excluding hydrogens is 378 g/mol. The van der Waals surface area contributed by atoms with Crippen LogP contribution in [0.5, 0.6) is 5.75 Å². The number of rotatable bonds is 4. The first-order valence-corrected chi connectivity index (χ1v) is 8.67. The van der Waals surface area contributed by atoms with Crippen molar-refractivity contribution in [2.45, 2.75) is 19.1 Å². The van der Waals surface area contributed by atoms with E-state index in [1.807, 2.05) is 42.5 Å². The second-order valence-electron chi connectivity index (χ2n) is 6.44. The number of pyridine rings is 1. The van der Waals surface area contributed by atoms with Gasteiger partial charge in [-0.2, -0.15) is 0 Å². The van der Waals surface area contributed by atoms with E-state index in [1.165, 1.54) is 0 Å². The molecular formula is C21H20ClN3O3. The van der Waals surface area contributed by atoms with Gasteiger partial charge in [0.2, 0.25) is 0 Å². The lowest BCUT2D eigenvalue weighted by Crippen LogP contribution is -2.25. The molecule has 0 bridgehead atoms. The molecule has 6 nitrogen and oxygen atoms in total. The quantitative estimate of drug-likeness (QED) is 0.613. The van der Waals surface area contributed by atoms with Crippen molar-refractivity contribution >= 4 is 24.3 Å². The number of carbonyl (C=O) groups is 1. The molecule has 4 N–H and O–H groups in total. The summed E-state index contributed by atoms with van der Waals surface area (Å²) < 4.78 is 5.12. The smallest absolute Gasteiger partial charge is 0.413 e. The number of carbonyl (C=O) groups excluding carboxylic acids is 1. The fraction of sp³-hybridized carbons (Fsp3) is 0.143. The van der Waals surface area contributed by atoms with Crippen molar-refractivity contribution in [1.29, 1.82) is 0 Å². The molecule has 1 aliphatic heterocycles. The molecule has 1 aromatic heterocycles. The first-order chi connectivity index (χ1) is 13.1. The number of cyclic esters (lactones) is 1. The van der Waals surface area contributed by atoms with Gasteiger partial charge in [-0.25, -0.2) is 9.78 Å². The number of hydrogen-bond donors (Lipinski definition) is 3. The van der Waals surface area contributed by atoms with Crippen LogP contribution in [0, 0.1) is 0 Å². The fourth-order valence-electron chi connectivity index (χ4n) is 3.25.